The lowest BCUT2D eigenvalue weighted by atomic mass is 10.1. The van der Waals surface area contributed by atoms with E-state index in [2.05, 4.69) is 0 Å². The third-order valence-corrected chi connectivity index (χ3v) is 1.86. The minimum absolute atomic E-state index is 0.158. The summed E-state index contributed by atoms with van der Waals surface area (Å²) in [5.74, 6) is -1.01. The molecule has 0 atom stereocenters. The Morgan fingerprint density at radius 2 is 2.29 bits per heavy atom. The zero-order valence-electron chi connectivity index (χ0n) is 7.53. The number of ether oxygens (including phenoxy) is 1. The Hall–Kier alpha value is -1.48. The Labute approximate surface area is 86.6 Å². The summed E-state index contributed by atoms with van der Waals surface area (Å²) in [6.07, 6.45) is 2.98. The third kappa shape index (κ3) is 2.50. The Bertz CT molecular complexity index is 372. The summed E-state index contributed by atoms with van der Waals surface area (Å²) >= 11 is 5.68. The quantitative estimate of drug-likeness (QED) is 0.784. The molecule has 0 unspecified atom stereocenters. The van der Waals surface area contributed by atoms with Crippen LogP contribution in [0.5, 0.6) is 0 Å². The monoisotopic (exact) mass is 212 g/mol. The highest BCUT2D eigenvalue weighted by Gasteiger charge is 2.08. The molecule has 1 N–H and O–H groups in total. The van der Waals surface area contributed by atoms with Gasteiger partial charge in [-0.3, -0.25) is 0 Å². The Morgan fingerprint density at radius 3 is 2.86 bits per heavy atom. The molecule has 0 heterocycles. The topological polar surface area (TPSA) is 46.5 Å². The third-order valence-electron chi connectivity index (χ3n) is 1.63. The molecule has 1 aromatic rings. The van der Waals surface area contributed by atoms with Gasteiger partial charge in [0.15, 0.2) is 0 Å². The molecule has 0 saturated heterocycles. The molecule has 3 nitrogen and oxygen atoms in total. The molecule has 0 aromatic heterocycles. The van der Waals surface area contributed by atoms with Crippen molar-refractivity contribution in [1.29, 1.82) is 0 Å². The van der Waals surface area contributed by atoms with E-state index in [1.807, 2.05) is 0 Å². The van der Waals surface area contributed by atoms with E-state index in [1.54, 1.807) is 18.2 Å². The molecule has 0 bridgehead atoms. The van der Waals surface area contributed by atoms with E-state index in [0.717, 1.165) is 0 Å². The van der Waals surface area contributed by atoms with Gasteiger partial charge >= 0.3 is 5.97 Å². The van der Waals surface area contributed by atoms with Crippen LogP contribution in [0.25, 0.3) is 6.08 Å². The zero-order chi connectivity index (χ0) is 10.6. The van der Waals surface area contributed by atoms with Gasteiger partial charge < -0.3 is 9.84 Å². The van der Waals surface area contributed by atoms with E-state index >= 15 is 0 Å². The van der Waals surface area contributed by atoms with Crippen molar-refractivity contribution in [3.05, 3.63) is 40.6 Å². The number of methoxy groups -OCH3 is 1. The van der Waals surface area contributed by atoms with Gasteiger partial charge in [-0.05, 0) is 23.8 Å². The van der Waals surface area contributed by atoms with E-state index < -0.39 is 5.97 Å². The zero-order valence-corrected chi connectivity index (χ0v) is 8.28. The van der Waals surface area contributed by atoms with Crippen LogP contribution in [-0.2, 0) is 4.74 Å². The van der Waals surface area contributed by atoms with Gasteiger partial charge in [-0.15, -0.1) is 0 Å². The molecular formula is C10H9ClO3. The molecule has 4 heteroatoms. The van der Waals surface area contributed by atoms with Gasteiger partial charge in [0.1, 0.15) is 0 Å². The van der Waals surface area contributed by atoms with Gasteiger partial charge in [0.05, 0.1) is 18.9 Å². The molecule has 0 saturated carbocycles. The summed E-state index contributed by atoms with van der Waals surface area (Å²) in [5.41, 5.74) is 0.717. The molecule has 0 spiro atoms. The van der Waals surface area contributed by atoms with E-state index in [9.17, 15) is 4.79 Å². The summed E-state index contributed by atoms with van der Waals surface area (Å²) in [5, 5.41) is 9.26. The average molecular weight is 213 g/mol. The number of rotatable bonds is 3. The Balaban J connectivity index is 3.15. The molecule has 0 fully saturated rings. The highest BCUT2D eigenvalue weighted by Crippen LogP contribution is 2.17. The fourth-order valence-electron chi connectivity index (χ4n) is 1.00. The first-order chi connectivity index (χ1) is 6.65. The first-order valence-electron chi connectivity index (χ1n) is 3.87. The number of carboxylic acid groups (broad SMARTS) is 1. The minimum Gasteiger partial charge on any atom is -0.504 e. The summed E-state index contributed by atoms with van der Waals surface area (Å²) in [4.78, 5) is 10.8. The molecule has 0 aliphatic heterocycles. The van der Waals surface area contributed by atoms with E-state index in [4.69, 9.17) is 21.4 Å². The van der Waals surface area contributed by atoms with Gasteiger partial charge in [0, 0.05) is 5.02 Å². The van der Waals surface area contributed by atoms with Gasteiger partial charge in [0.25, 0.3) is 0 Å². The summed E-state index contributed by atoms with van der Waals surface area (Å²) < 4.78 is 4.70. The lowest BCUT2D eigenvalue weighted by molar-refractivity contribution is 0.0696. The maximum absolute atomic E-state index is 10.8. The highest BCUT2D eigenvalue weighted by molar-refractivity contribution is 6.31. The number of hydrogen-bond donors (Lipinski definition) is 1. The van der Waals surface area contributed by atoms with Crippen molar-refractivity contribution in [3.63, 3.8) is 0 Å². The van der Waals surface area contributed by atoms with Crippen LogP contribution >= 0.6 is 11.6 Å². The predicted octanol–water partition coefficient (Wildman–Crippen LogP) is 2.66. The smallest absolute Gasteiger partial charge is 0.336 e. The lowest BCUT2D eigenvalue weighted by Crippen LogP contribution is -1.99. The first-order valence-corrected chi connectivity index (χ1v) is 4.25. The summed E-state index contributed by atoms with van der Waals surface area (Å²) in [7, 11) is 1.49. The fourth-order valence-corrected chi connectivity index (χ4v) is 1.17. The second-order valence-electron chi connectivity index (χ2n) is 2.58. The van der Waals surface area contributed by atoms with Crippen molar-refractivity contribution in [1.82, 2.24) is 0 Å². The van der Waals surface area contributed by atoms with Gasteiger partial charge in [0.2, 0.25) is 0 Å². The largest absolute Gasteiger partial charge is 0.504 e. The molecule has 14 heavy (non-hydrogen) atoms. The van der Waals surface area contributed by atoms with Crippen molar-refractivity contribution in [3.8, 4) is 0 Å². The van der Waals surface area contributed by atoms with Crippen molar-refractivity contribution < 1.29 is 14.6 Å². The molecule has 0 aliphatic rings. The van der Waals surface area contributed by atoms with Crippen LogP contribution in [0.4, 0.5) is 0 Å². The molecule has 0 radical (unpaired) electrons. The molecule has 0 amide bonds. The van der Waals surface area contributed by atoms with Crippen molar-refractivity contribution in [2.45, 2.75) is 0 Å². The molecular weight excluding hydrogens is 204 g/mol. The van der Waals surface area contributed by atoms with Gasteiger partial charge in [-0.2, -0.15) is 0 Å². The number of aromatic carboxylic acids is 1. The highest BCUT2D eigenvalue weighted by atomic mass is 35.5. The van der Waals surface area contributed by atoms with E-state index in [-0.39, 0.29) is 5.56 Å². The second-order valence-corrected chi connectivity index (χ2v) is 3.01. The normalized spacial score (nSPS) is 10.4. The van der Waals surface area contributed by atoms with Crippen molar-refractivity contribution in [2.75, 3.05) is 7.11 Å². The Morgan fingerprint density at radius 1 is 1.57 bits per heavy atom. The Kier molecular flexibility index (Phi) is 3.54. The summed E-state index contributed by atoms with van der Waals surface area (Å²) in [6, 6.07) is 4.66. The maximum atomic E-state index is 10.8. The van der Waals surface area contributed by atoms with Crippen LogP contribution in [0.3, 0.4) is 0 Å². The number of carboxylic acids is 1. The van der Waals surface area contributed by atoms with Crippen LogP contribution in [0, 0.1) is 0 Å². The number of hydrogen-bond acceptors (Lipinski definition) is 2. The maximum Gasteiger partial charge on any atom is 0.336 e. The van der Waals surface area contributed by atoms with Crippen molar-refractivity contribution in [2.24, 2.45) is 0 Å². The molecule has 0 aliphatic carbocycles. The predicted molar refractivity (Wildman–Crippen MR) is 54.5 cm³/mol. The van der Waals surface area contributed by atoms with Crippen LogP contribution in [0.15, 0.2) is 24.5 Å². The van der Waals surface area contributed by atoms with Crippen molar-refractivity contribution >= 4 is 23.6 Å². The molecule has 74 valence electrons. The van der Waals surface area contributed by atoms with E-state index in [1.165, 1.54) is 19.4 Å². The second kappa shape index (κ2) is 4.67. The van der Waals surface area contributed by atoms with E-state index in [0.29, 0.717) is 10.6 Å². The fraction of sp³-hybridized carbons (Fsp3) is 0.100. The van der Waals surface area contributed by atoms with Gasteiger partial charge in [-0.1, -0.05) is 17.7 Å². The van der Waals surface area contributed by atoms with Crippen LogP contribution < -0.4 is 0 Å². The minimum atomic E-state index is -1.01. The summed E-state index contributed by atoms with van der Waals surface area (Å²) in [6.45, 7) is 0. The molecule has 1 rings (SSSR count). The first kappa shape index (κ1) is 10.6. The number of carbonyl (C=O) groups is 1. The lowest BCUT2D eigenvalue weighted by Gasteiger charge is -2.01. The standard InChI is InChI=1S/C10H9ClO3/c1-14-5-4-7-2-3-8(11)6-9(7)10(12)13/h2-6H,1H3,(H,12,13). The SMILES string of the molecule is COC=Cc1ccc(Cl)cc1C(=O)O. The van der Waals surface area contributed by atoms with Gasteiger partial charge in [-0.25, -0.2) is 4.79 Å². The average Bonchev–Trinajstić information content (AvgIpc) is 2.15. The van der Waals surface area contributed by atoms with Crippen LogP contribution in [-0.4, -0.2) is 18.2 Å². The molecule has 1 aromatic carbocycles. The van der Waals surface area contributed by atoms with Crippen LogP contribution in [0.1, 0.15) is 15.9 Å². The number of benzene rings is 1. The number of halogens is 1. The van der Waals surface area contributed by atoms with Crippen LogP contribution in [0.2, 0.25) is 5.02 Å².